The Balaban J connectivity index is 2.07. The monoisotopic (exact) mass is 195 g/mol. The van der Waals surface area contributed by atoms with Gasteiger partial charge in [0.05, 0.1) is 12.1 Å². The van der Waals surface area contributed by atoms with Crippen molar-refractivity contribution >= 4 is 0 Å². The fraction of sp³-hybridized carbons (Fsp3) is 0.833. The first-order valence-corrected chi connectivity index (χ1v) is 5.90. The van der Waals surface area contributed by atoms with Crippen molar-refractivity contribution in [2.45, 2.75) is 51.0 Å². The normalized spacial score (nSPS) is 34.2. The molecular formula is C12H21NO. The SMILES string of the molecule is CC1(C2=CCCCO2)CCCCCN1. The Bertz CT molecular complexity index is 214. The van der Waals surface area contributed by atoms with Crippen LogP contribution < -0.4 is 5.32 Å². The summed E-state index contributed by atoms with van der Waals surface area (Å²) in [5.74, 6) is 1.20. The van der Waals surface area contributed by atoms with Crippen molar-refractivity contribution in [3.05, 3.63) is 11.8 Å². The number of hydrogen-bond donors (Lipinski definition) is 1. The van der Waals surface area contributed by atoms with Crippen LogP contribution in [0.2, 0.25) is 0 Å². The Morgan fingerprint density at radius 1 is 1.29 bits per heavy atom. The largest absolute Gasteiger partial charge is 0.496 e. The molecule has 1 saturated heterocycles. The lowest BCUT2D eigenvalue weighted by atomic mass is 9.92. The second kappa shape index (κ2) is 4.35. The minimum atomic E-state index is 0.122. The van der Waals surface area contributed by atoms with E-state index in [1.54, 1.807) is 0 Å². The summed E-state index contributed by atoms with van der Waals surface area (Å²) in [7, 11) is 0. The third-order valence-corrected chi connectivity index (χ3v) is 3.35. The molecule has 14 heavy (non-hydrogen) atoms. The first-order chi connectivity index (χ1) is 6.81. The molecule has 0 saturated carbocycles. The van der Waals surface area contributed by atoms with Gasteiger partial charge in [-0.15, -0.1) is 0 Å². The fourth-order valence-corrected chi connectivity index (χ4v) is 2.39. The van der Waals surface area contributed by atoms with Crippen LogP contribution in [-0.2, 0) is 4.74 Å². The topological polar surface area (TPSA) is 21.3 Å². The summed E-state index contributed by atoms with van der Waals surface area (Å²) >= 11 is 0. The highest BCUT2D eigenvalue weighted by Crippen LogP contribution is 2.29. The van der Waals surface area contributed by atoms with Gasteiger partial charge in [0.25, 0.3) is 0 Å². The summed E-state index contributed by atoms with van der Waals surface area (Å²) < 4.78 is 5.77. The van der Waals surface area contributed by atoms with Crippen LogP contribution in [0, 0.1) is 0 Å². The number of nitrogens with one attached hydrogen (secondary N) is 1. The molecule has 2 nitrogen and oxygen atoms in total. The van der Waals surface area contributed by atoms with Crippen LogP contribution in [0.4, 0.5) is 0 Å². The zero-order chi connectivity index (χ0) is 9.86. The number of hydrogen-bond acceptors (Lipinski definition) is 2. The molecule has 1 unspecified atom stereocenters. The van der Waals surface area contributed by atoms with Gasteiger partial charge in [0.1, 0.15) is 5.76 Å². The molecule has 0 amide bonds. The minimum absolute atomic E-state index is 0.122. The minimum Gasteiger partial charge on any atom is -0.496 e. The molecule has 2 rings (SSSR count). The molecule has 2 heterocycles. The van der Waals surface area contributed by atoms with Crippen LogP contribution in [-0.4, -0.2) is 18.7 Å². The molecule has 80 valence electrons. The maximum absolute atomic E-state index is 5.77. The molecule has 1 N–H and O–H groups in total. The molecule has 0 spiro atoms. The average molecular weight is 195 g/mol. The zero-order valence-electron chi connectivity index (χ0n) is 9.14. The molecule has 0 aromatic carbocycles. The lowest BCUT2D eigenvalue weighted by Gasteiger charge is -2.33. The number of rotatable bonds is 1. The van der Waals surface area contributed by atoms with Gasteiger partial charge in [-0.05, 0) is 45.2 Å². The highest BCUT2D eigenvalue weighted by molar-refractivity contribution is 5.14. The van der Waals surface area contributed by atoms with Crippen LogP contribution >= 0.6 is 0 Å². The highest BCUT2D eigenvalue weighted by Gasteiger charge is 2.31. The van der Waals surface area contributed by atoms with E-state index in [0.717, 1.165) is 13.2 Å². The van der Waals surface area contributed by atoms with Crippen molar-refractivity contribution in [1.29, 1.82) is 0 Å². The van der Waals surface area contributed by atoms with Crippen molar-refractivity contribution in [3.63, 3.8) is 0 Å². The summed E-state index contributed by atoms with van der Waals surface area (Å²) in [5, 5.41) is 3.63. The molecule has 1 fully saturated rings. The molecule has 1 atom stereocenters. The maximum atomic E-state index is 5.77. The average Bonchev–Trinajstić information content (AvgIpc) is 2.46. The fourth-order valence-electron chi connectivity index (χ4n) is 2.39. The number of allylic oxidation sites excluding steroid dienone is 1. The Labute approximate surface area is 86.7 Å². The van der Waals surface area contributed by atoms with Crippen LogP contribution in [0.25, 0.3) is 0 Å². The van der Waals surface area contributed by atoms with E-state index >= 15 is 0 Å². The van der Waals surface area contributed by atoms with E-state index in [2.05, 4.69) is 18.3 Å². The second-order valence-corrected chi connectivity index (χ2v) is 4.63. The van der Waals surface area contributed by atoms with Crippen molar-refractivity contribution in [2.24, 2.45) is 0 Å². The Morgan fingerprint density at radius 2 is 2.21 bits per heavy atom. The van der Waals surface area contributed by atoms with E-state index in [1.165, 1.54) is 44.3 Å². The summed E-state index contributed by atoms with van der Waals surface area (Å²) in [6.07, 6.45) is 9.86. The van der Waals surface area contributed by atoms with Gasteiger partial charge in [0, 0.05) is 0 Å². The zero-order valence-corrected chi connectivity index (χ0v) is 9.14. The summed E-state index contributed by atoms with van der Waals surface area (Å²) in [6, 6.07) is 0. The van der Waals surface area contributed by atoms with Crippen LogP contribution in [0.15, 0.2) is 11.8 Å². The van der Waals surface area contributed by atoms with Gasteiger partial charge in [-0.2, -0.15) is 0 Å². The van der Waals surface area contributed by atoms with E-state index in [1.807, 2.05) is 0 Å². The molecule has 0 bridgehead atoms. The van der Waals surface area contributed by atoms with Crippen LogP contribution in [0.3, 0.4) is 0 Å². The van der Waals surface area contributed by atoms with Crippen molar-refractivity contribution < 1.29 is 4.74 Å². The van der Waals surface area contributed by atoms with Crippen molar-refractivity contribution in [2.75, 3.05) is 13.2 Å². The third-order valence-electron chi connectivity index (χ3n) is 3.35. The summed E-state index contributed by atoms with van der Waals surface area (Å²) in [5.41, 5.74) is 0.122. The Hall–Kier alpha value is -0.500. The summed E-state index contributed by atoms with van der Waals surface area (Å²) in [4.78, 5) is 0. The predicted octanol–water partition coefficient (Wildman–Crippen LogP) is 2.60. The molecule has 0 aliphatic carbocycles. The van der Waals surface area contributed by atoms with E-state index in [4.69, 9.17) is 4.74 Å². The lowest BCUT2D eigenvalue weighted by Crippen LogP contribution is -2.44. The van der Waals surface area contributed by atoms with Gasteiger partial charge in [-0.3, -0.25) is 0 Å². The first-order valence-electron chi connectivity index (χ1n) is 5.90. The standard InChI is InChI=1S/C12H21NO/c1-12(8-4-2-5-9-13-12)11-7-3-6-10-14-11/h7,13H,2-6,8-10H2,1H3. The molecule has 0 aromatic rings. The lowest BCUT2D eigenvalue weighted by molar-refractivity contribution is 0.135. The van der Waals surface area contributed by atoms with Crippen molar-refractivity contribution in [1.82, 2.24) is 5.32 Å². The summed E-state index contributed by atoms with van der Waals surface area (Å²) in [6.45, 7) is 4.33. The predicted molar refractivity (Wildman–Crippen MR) is 58.1 cm³/mol. The van der Waals surface area contributed by atoms with E-state index in [0.29, 0.717) is 0 Å². The molecule has 2 heteroatoms. The Morgan fingerprint density at radius 3 is 3.00 bits per heavy atom. The van der Waals surface area contributed by atoms with Gasteiger partial charge in [-0.25, -0.2) is 0 Å². The van der Waals surface area contributed by atoms with Gasteiger partial charge in [-0.1, -0.05) is 12.8 Å². The van der Waals surface area contributed by atoms with Crippen LogP contribution in [0.5, 0.6) is 0 Å². The van der Waals surface area contributed by atoms with Crippen molar-refractivity contribution in [3.8, 4) is 0 Å². The number of ether oxygens (including phenoxy) is 1. The molecular weight excluding hydrogens is 174 g/mol. The van der Waals surface area contributed by atoms with E-state index in [-0.39, 0.29) is 5.54 Å². The molecule has 0 radical (unpaired) electrons. The smallest absolute Gasteiger partial charge is 0.112 e. The van der Waals surface area contributed by atoms with Gasteiger partial charge in [0.2, 0.25) is 0 Å². The Kier molecular flexibility index (Phi) is 3.12. The maximum Gasteiger partial charge on any atom is 0.112 e. The molecule has 2 aliphatic heterocycles. The quantitative estimate of drug-likeness (QED) is 0.694. The van der Waals surface area contributed by atoms with Crippen LogP contribution in [0.1, 0.15) is 45.4 Å². The highest BCUT2D eigenvalue weighted by atomic mass is 16.5. The first kappa shape index (κ1) is 10.0. The molecule has 0 aromatic heterocycles. The molecule has 2 aliphatic rings. The van der Waals surface area contributed by atoms with Gasteiger partial charge in [0.15, 0.2) is 0 Å². The second-order valence-electron chi connectivity index (χ2n) is 4.63. The van der Waals surface area contributed by atoms with Gasteiger partial charge < -0.3 is 10.1 Å². The van der Waals surface area contributed by atoms with E-state index in [9.17, 15) is 0 Å². The third kappa shape index (κ3) is 2.11. The van der Waals surface area contributed by atoms with E-state index < -0.39 is 0 Å². The van der Waals surface area contributed by atoms with Gasteiger partial charge >= 0.3 is 0 Å².